The first-order chi connectivity index (χ1) is 14.3. The third kappa shape index (κ3) is 2.55. The van der Waals surface area contributed by atoms with E-state index in [0.717, 1.165) is 43.7 Å². The Balaban J connectivity index is 1.48. The largest absolute Gasteiger partial charge is 0.455 e. The molecule has 3 aliphatic rings. The lowest BCUT2D eigenvalue weighted by Gasteiger charge is -2.30. The minimum Gasteiger partial charge on any atom is -0.455 e. The van der Waals surface area contributed by atoms with Crippen LogP contribution in [0.4, 0.5) is 0 Å². The number of carbonyl (C=O) groups is 1. The van der Waals surface area contributed by atoms with Gasteiger partial charge in [-0.1, -0.05) is 48.2 Å². The molecule has 1 amide bonds. The number of hydrazone groups is 2. The zero-order valence-corrected chi connectivity index (χ0v) is 15.9. The number of benzene rings is 3. The predicted octanol–water partition coefficient (Wildman–Crippen LogP) is 3.80. The second-order valence-corrected chi connectivity index (χ2v) is 7.87. The van der Waals surface area contributed by atoms with Crippen LogP contribution in [0.25, 0.3) is 0 Å². The van der Waals surface area contributed by atoms with Gasteiger partial charge in [0.1, 0.15) is 18.0 Å². The highest BCUT2D eigenvalue weighted by Crippen LogP contribution is 2.47. The van der Waals surface area contributed by atoms with Crippen molar-refractivity contribution >= 4 is 29.2 Å². The predicted molar refractivity (Wildman–Crippen MR) is 111 cm³/mol. The molecule has 6 rings (SSSR count). The van der Waals surface area contributed by atoms with Crippen molar-refractivity contribution in [2.45, 2.75) is 9.79 Å². The van der Waals surface area contributed by atoms with E-state index in [0.29, 0.717) is 5.84 Å². The zero-order valence-electron chi connectivity index (χ0n) is 15.1. The molecule has 3 aromatic carbocycles. The van der Waals surface area contributed by atoms with Crippen LogP contribution in [0.15, 0.2) is 86.7 Å². The molecule has 29 heavy (non-hydrogen) atoms. The lowest BCUT2D eigenvalue weighted by molar-refractivity contribution is -0.127. The Morgan fingerprint density at radius 1 is 0.931 bits per heavy atom. The lowest BCUT2D eigenvalue weighted by atomic mass is 9.95. The number of para-hydroxylation sites is 1. The number of ether oxygens (including phenoxy) is 1. The molecule has 0 fully saturated rings. The second kappa shape index (κ2) is 6.22. The molecule has 3 heterocycles. The fourth-order valence-electron chi connectivity index (χ4n) is 3.63. The first-order valence-electron chi connectivity index (χ1n) is 9.19. The van der Waals surface area contributed by atoms with Crippen LogP contribution in [0.1, 0.15) is 16.7 Å². The lowest BCUT2D eigenvalue weighted by Crippen LogP contribution is -2.46. The summed E-state index contributed by atoms with van der Waals surface area (Å²) < 4.78 is 6.04. The van der Waals surface area contributed by atoms with Gasteiger partial charge in [-0.25, -0.2) is 0 Å². The molecule has 1 N–H and O–H groups in total. The average molecular weight is 398 g/mol. The average Bonchev–Trinajstić information content (AvgIpc) is 2.77. The van der Waals surface area contributed by atoms with Gasteiger partial charge in [-0.2, -0.15) is 15.2 Å². The highest BCUT2D eigenvalue weighted by molar-refractivity contribution is 7.99. The normalized spacial score (nSPS) is 16.3. The third-order valence-corrected chi connectivity index (χ3v) is 6.08. The number of hydrogen-bond donors (Lipinski definition) is 1. The van der Waals surface area contributed by atoms with Crippen molar-refractivity contribution in [3.05, 3.63) is 83.4 Å². The summed E-state index contributed by atoms with van der Waals surface area (Å²) in [6.45, 7) is 0.132. The maximum Gasteiger partial charge on any atom is 0.269 e. The van der Waals surface area contributed by atoms with Gasteiger partial charge in [-0.3, -0.25) is 10.2 Å². The topological polar surface area (TPSA) is 66.3 Å². The molecule has 3 aromatic rings. The molecular weight excluding hydrogens is 384 g/mol. The van der Waals surface area contributed by atoms with Gasteiger partial charge in [0, 0.05) is 16.7 Å². The maximum absolute atomic E-state index is 12.4. The summed E-state index contributed by atoms with van der Waals surface area (Å²) in [6, 6.07) is 21.9. The molecule has 0 saturated heterocycles. The summed E-state index contributed by atoms with van der Waals surface area (Å²) >= 11 is 1.67. The van der Waals surface area contributed by atoms with Gasteiger partial charge >= 0.3 is 0 Å². The Hall–Kier alpha value is -3.58. The number of rotatable bonds is 1. The third-order valence-electron chi connectivity index (χ3n) is 4.98. The summed E-state index contributed by atoms with van der Waals surface area (Å²) in [7, 11) is 0. The Labute approximate surface area is 170 Å². The molecule has 0 unspecified atom stereocenters. The Bertz CT molecular complexity index is 1250. The molecule has 140 valence electrons. The van der Waals surface area contributed by atoms with Crippen LogP contribution >= 0.6 is 11.8 Å². The van der Waals surface area contributed by atoms with Crippen LogP contribution in [0, 0.1) is 0 Å². The summed E-state index contributed by atoms with van der Waals surface area (Å²) in [5, 5.41) is 10.4. The van der Waals surface area contributed by atoms with Gasteiger partial charge in [-0.05, 0) is 30.3 Å². The summed E-state index contributed by atoms with van der Waals surface area (Å²) in [5.74, 6) is 2.09. The van der Waals surface area contributed by atoms with Gasteiger partial charge in [-0.15, -0.1) is 0 Å². The Kier molecular flexibility index (Phi) is 3.51. The Morgan fingerprint density at radius 2 is 1.72 bits per heavy atom. The first kappa shape index (κ1) is 16.4. The van der Waals surface area contributed by atoms with E-state index in [1.807, 2.05) is 60.7 Å². The van der Waals surface area contributed by atoms with Crippen molar-refractivity contribution in [2.75, 3.05) is 6.54 Å². The van der Waals surface area contributed by atoms with Crippen molar-refractivity contribution < 1.29 is 9.53 Å². The van der Waals surface area contributed by atoms with E-state index in [4.69, 9.17) is 4.74 Å². The maximum atomic E-state index is 12.4. The molecule has 0 aromatic heterocycles. The second-order valence-electron chi connectivity index (χ2n) is 6.78. The number of nitrogens with zero attached hydrogens (tertiary/aromatic N) is 3. The minimum absolute atomic E-state index is 0.132. The molecule has 0 radical (unpaired) electrons. The fraction of sp³-hybridized carbons (Fsp3) is 0.0455. The summed E-state index contributed by atoms with van der Waals surface area (Å²) in [4.78, 5) is 14.5. The minimum atomic E-state index is -0.133. The SMILES string of the molecule is O=C1CNN=C2c3ccccc3C(c3ccc4c(c3)Sc3ccccc3O4)=NN12. The van der Waals surface area contributed by atoms with E-state index in [1.54, 1.807) is 11.8 Å². The monoisotopic (exact) mass is 398 g/mol. The van der Waals surface area contributed by atoms with Crippen LogP contribution in [0.2, 0.25) is 0 Å². The van der Waals surface area contributed by atoms with Crippen LogP contribution < -0.4 is 10.2 Å². The smallest absolute Gasteiger partial charge is 0.269 e. The quantitative estimate of drug-likeness (QED) is 0.530. The van der Waals surface area contributed by atoms with E-state index >= 15 is 0 Å². The van der Waals surface area contributed by atoms with Crippen LogP contribution in [0.3, 0.4) is 0 Å². The van der Waals surface area contributed by atoms with Crippen molar-refractivity contribution in [1.82, 2.24) is 10.4 Å². The highest BCUT2D eigenvalue weighted by atomic mass is 32.2. The number of hydrogen-bond acceptors (Lipinski definition) is 6. The molecule has 0 atom stereocenters. The van der Waals surface area contributed by atoms with Gasteiger partial charge in [0.25, 0.3) is 5.91 Å². The van der Waals surface area contributed by atoms with Crippen LogP contribution in [-0.2, 0) is 4.79 Å². The van der Waals surface area contributed by atoms with Gasteiger partial charge < -0.3 is 4.74 Å². The molecule has 0 aliphatic carbocycles. The van der Waals surface area contributed by atoms with E-state index in [1.165, 1.54) is 5.01 Å². The fourth-order valence-corrected chi connectivity index (χ4v) is 4.62. The molecule has 0 bridgehead atoms. The van der Waals surface area contributed by atoms with Gasteiger partial charge in [0.05, 0.1) is 15.5 Å². The van der Waals surface area contributed by atoms with E-state index in [2.05, 4.69) is 21.7 Å². The molecule has 0 spiro atoms. The van der Waals surface area contributed by atoms with Gasteiger partial charge in [0.2, 0.25) is 0 Å². The highest BCUT2D eigenvalue weighted by Gasteiger charge is 2.32. The molecule has 0 saturated carbocycles. The van der Waals surface area contributed by atoms with Crippen molar-refractivity contribution in [1.29, 1.82) is 0 Å². The number of amides is 1. The van der Waals surface area contributed by atoms with Crippen LogP contribution in [-0.4, -0.2) is 29.0 Å². The molecule has 7 heteroatoms. The van der Waals surface area contributed by atoms with E-state index in [9.17, 15) is 4.79 Å². The Morgan fingerprint density at radius 3 is 2.66 bits per heavy atom. The number of amidine groups is 1. The van der Waals surface area contributed by atoms with E-state index in [-0.39, 0.29) is 12.5 Å². The number of nitrogens with one attached hydrogen (secondary N) is 1. The molecule has 6 nitrogen and oxygen atoms in total. The number of fused-ring (bicyclic) bond motifs is 5. The van der Waals surface area contributed by atoms with Gasteiger partial charge in [0.15, 0.2) is 5.84 Å². The van der Waals surface area contributed by atoms with E-state index < -0.39 is 0 Å². The van der Waals surface area contributed by atoms with Crippen LogP contribution in [0.5, 0.6) is 11.5 Å². The van der Waals surface area contributed by atoms with Crippen molar-refractivity contribution in [2.24, 2.45) is 10.2 Å². The van der Waals surface area contributed by atoms with Crippen molar-refractivity contribution in [3.63, 3.8) is 0 Å². The zero-order chi connectivity index (χ0) is 19.4. The summed E-state index contributed by atoms with van der Waals surface area (Å²) in [6.07, 6.45) is 0. The summed E-state index contributed by atoms with van der Waals surface area (Å²) in [5.41, 5.74) is 6.29. The molecular formula is C22H14N4O2S. The number of carbonyl (C=O) groups excluding carboxylic acids is 1. The first-order valence-corrected chi connectivity index (χ1v) is 10.0. The van der Waals surface area contributed by atoms with Crippen molar-refractivity contribution in [3.8, 4) is 11.5 Å². The standard InChI is InChI=1S/C22H14N4O2S/c27-20-12-23-24-22-15-6-2-1-5-14(15)21(25-26(20)22)13-9-10-17-19(11-13)29-18-8-4-3-7-16(18)28-17/h1-11,23H,12H2. The molecule has 3 aliphatic heterocycles.